The molecule has 4 nitrogen and oxygen atoms in total. The Hall–Kier alpha value is -1.63. The van der Waals surface area contributed by atoms with Gasteiger partial charge in [-0.05, 0) is 25.3 Å². The molecule has 15 heavy (non-hydrogen) atoms. The lowest BCUT2D eigenvalue weighted by Crippen LogP contribution is -2.12. The van der Waals surface area contributed by atoms with E-state index < -0.39 is 0 Å². The summed E-state index contributed by atoms with van der Waals surface area (Å²) in [5.74, 6) is 1.11. The molecule has 1 N–H and O–H groups in total. The lowest BCUT2D eigenvalue weighted by molar-refractivity contribution is 0.685. The van der Waals surface area contributed by atoms with Crippen molar-refractivity contribution in [3.05, 3.63) is 16.8 Å². The van der Waals surface area contributed by atoms with E-state index in [9.17, 15) is 0 Å². The maximum atomic E-state index is 9.03. The Morgan fingerprint density at radius 2 is 2.00 bits per heavy atom. The zero-order chi connectivity index (χ0) is 11.4. The molecule has 1 aromatic rings. The van der Waals surface area contributed by atoms with Gasteiger partial charge in [0.25, 0.3) is 0 Å². The summed E-state index contributed by atoms with van der Waals surface area (Å²) in [5, 5.41) is 20.2. The molecule has 0 saturated carbocycles. The number of hydrogen-bond donors (Lipinski definition) is 1. The minimum atomic E-state index is 0.514. The first-order valence-corrected chi connectivity index (χ1v) is 5.04. The largest absolute Gasteiger partial charge is 0.367 e. The summed E-state index contributed by atoms with van der Waals surface area (Å²) in [6.07, 6.45) is 0. The smallest absolute Gasteiger partial charge is 0.166 e. The molecule has 0 aliphatic heterocycles. The highest BCUT2D eigenvalue weighted by atomic mass is 15.2. The lowest BCUT2D eigenvalue weighted by Gasteiger charge is -2.10. The molecule has 0 spiro atoms. The van der Waals surface area contributed by atoms with Gasteiger partial charge in [-0.15, -0.1) is 5.10 Å². The van der Waals surface area contributed by atoms with Gasteiger partial charge in [0.05, 0.1) is 5.69 Å². The number of rotatable bonds is 3. The molecule has 0 aliphatic rings. The fraction of sp³-hybridized carbons (Fsp3) is 0.545. The van der Waals surface area contributed by atoms with E-state index in [2.05, 4.69) is 35.4 Å². The van der Waals surface area contributed by atoms with Crippen LogP contribution in [0.4, 0.5) is 5.82 Å². The standard InChI is InChI=1S/C11H16N4/c1-7(2)6-13-11-10(5-12)8(3)9(4)14-15-11/h7H,6H2,1-4H3,(H,13,15). The number of anilines is 1. The van der Waals surface area contributed by atoms with E-state index in [1.807, 2.05) is 13.8 Å². The summed E-state index contributed by atoms with van der Waals surface area (Å²) < 4.78 is 0. The van der Waals surface area contributed by atoms with Gasteiger partial charge in [-0.25, -0.2) is 0 Å². The summed E-state index contributed by atoms with van der Waals surface area (Å²) in [5.41, 5.74) is 2.31. The van der Waals surface area contributed by atoms with E-state index in [4.69, 9.17) is 5.26 Å². The van der Waals surface area contributed by atoms with Crippen molar-refractivity contribution >= 4 is 5.82 Å². The monoisotopic (exact) mass is 204 g/mol. The van der Waals surface area contributed by atoms with Crippen LogP contribution in [-0.2, 0) is 0 Å². The Balaban J connectivity index is 2.99. The van der Waals surface area contributed by atoms with E-state index >= 15 is 0 Å². The second-order valence-electron chi connectivity index (χ2n) is 4.02. The first-order valence-electron chi connectivity index (χ1n) is 5.04. The van der Waals surface area contributed by atoms with Crippen LogP contribution in [0.2, 0.25) is 0 Å². The highest BCUT2D eigenvalue weighted by molar-refractivity contribution is 5.55. The summed E-state index contributed by atoms with van der Waals surface area (Å²) in [6.45, 7) is 8.76. The third kappa shape index (κ3) is 2.66. The lowest BCUT2D eigenvalue weighted by atomic mass is 10.1. The van der Waals surface area contributed by atoms with Crippen molar-refractivity contribution in [3.63, 3.8) is 0 Å². The van der Waals surface area contributed by atoms with Gasteiger partial charge in [-0.3, -0.25) is 0 Å². The summed E-state index contributed by atoms with van der Waals surface area (Å²) in [6, 6.07) is 2.16. The number of hydrogen-bond acceptors (Lipinski definition) is 4. The Labute approximate surface area is 90.3 Å². The molecule has 0 amide bonds. The molecule has 0 bridgehead atoms. The summed E-state index contributed by atoms with van der Waals surface area (Å²) in [7, 11) is 0. The second kappa shape index (κ2) is 4.74. The quantitative estimate of drug-likeness (QED) is 0.818. The van der Waals surface area contributed by atoms with Gasteiger partial charge in [0.15, 0.2) is 5.82 Å². The zero-order valence-corrected chi connectivity index (χ0v) is 9.63. The number of nitrogens with zero attached hydrogens (tertiary/aromatic N) is 3. The zero-order valence-electron chi connectivity index (χ0n) is 9.63. The SMILES string of the molecule is Cc1nnc(NCC(C)C)c(C#N)c1C. The second-order valence-corrected chi connectivity index (χ2v) is 4.02. The molecule has 4 heteroatoms. The molecule has 0 unspecified atom stereocenters. The van der Waals surface area contributed by atoms with Crippen LogP contribution in [0.25, 0.3) is 0 Å². The van der Waals surface area contributed by atoms with E-state index in [1.54, 1.807) is 0 Å². The van der Waals surface area contributed by atoms with E-state index in [1.165, 1.54) is 0 Å². The van der Waals surface area contributed by atoms with Crippen LogP contribution in [0.15, 0.2) is 0 Å². The highest BCUT2D eigenvalue weighted by Gasteiger charge is 2.10. The molecule has 0 fully saturated rings. The fourth-order valence-electron chi connectivity index (χ4n) is 1.17. The predicted molar refractivity (Wildman–Crippen MR) is 59.5 cm³/mol. The number of nitriles is 1. The predicted octanol–water partition coefficient (Wildman–Crippen LogP) is 2.03. The van der Waals surface area contributed by atoms with E-state index in [0.29, 0.717) is 17.3 Å². The molecule has 0 radical (unpaired) electrons. The number of nitrogens with one attached hydrogen (secondary N) is 1. The van der Waals surface area contributed by atoms with Crippen molar-refractivity contribution in [1.29, 1.82) is 5.26 Å². The first-order chi connectivity index (χ1) is 7.06. The maximum Gasteiger partial charge on any atom is 0.166 e. The van der Waals surface area contributed by atoms with Gasteiger partial charge < -0.3 is 5.32 Å². The van der Waals surface area contributed by atoms with Crippen molar-refractivity contribution in [1.82, 2.24) is 10.2 Å². The average molecular weight is 204 g/mol. The molecule has 1 aromatic heterocycles. The van der Waals surface area contributed by atoms with Crippen LogP contribution in [-0.4, -0.2) is 16.7 Å². The van der Waals surface area contributed by atoms with Crippen LogP contribution in [0.1, 0.15) is 30.7 Å². The van der Waals surface area contributed by atoms with Crippen LogP contribution < -0.4 is 5.32 Å². The summed E-state index contributed by atoms with van der Waals surface area (Å²) in [4.78, 5) is 0. The first kappa shape index (κ1) is 11.4. The Kier molecular flexibility index (Phi) is 3.62. The van der Waals surface area contributed by atoms with Gasteiger partial charge in [0.2, 0.25) is 0 Å². The molecule has 1 rings (SSSR count). The molecule has 0 aromatic carbocycles. The fourth-order valence-corrected chi connectivity index (χ4v) is 1.17. The molecular weight excluding hydrogens is 188 g/mol. The van der Waals surface area contributed by atoms with E-state index in [-0.39, 0.29) is 0 Å². The van der Waals surface area contributed by atoms with Gasteiger partial charge in [-0.2, -0.15) is 10.4 Å². The highest BCUT2D eigenvalue weighted by Crippen LogP contribution is 2.17. The van der Waals surface area contributed by atoms with Crippen LogP contribution in [0.5, 0.6) is 0 Å². The Bertz CT molecular complexity index is 390. The minimum absolute atomic E-state index is 0.514. The van der Waals surface area contributed by atoms with Crippen molar-refractivity contribution < 1.29 is 0 Å². The number of aromatic nitrogens is 2. The summed E-state index contributed by atoms with van der Waals surface area (Å²) >= 11 is 0. The topological polar surface area (TPSA) is 61.6 Å². The average Bonchev–Trinajstić information content (AvgIpc) is 2.19. The molecule has 0 aliphatic carbocycles. The third-order valence-electron chi connectivity index (χ3n) is 2.24. The van der Waals surface area contributed by atoms with Crippen molar-refractivity contribution in [2.45, 2.75) is 27.7 Å². The van der Waals surface area contributed by atoms with E-state index in [0.717, 1.165) is 17.8 Å². The Morgan fingerprint density at radius 1 is 1.33 bits per heavy atom. The molecule has 1 heterocycles. The van der Waals surface area contributed by atoms with Crippen LogP contribution >= 0.6 is 0 Å². The molecular formula is C11H16N4. The Morgan fingerprint density at radius 3 is 2.53 bits per heavy atom. The molecule has 0 saturated heterocycles. The van der Waals surface area contributed by atoms with Crippen molar-refractivity contribution in [2.24, 2.45) is 5.92 Å². The molecule has 0 atom stereocenters. The normalized spacial score (nSPS) is 10.1. The van der Waals surface area contributed by atoms with Gasteiger partial charge in [0.1, 0.15) is 11.6 Å². The number of aryl methyl sites for hydroxylation is 1. The van der Waals surface area contributed by atoms with Crippen LogP contribution in [0, 0.1) is 31.1 Å². The van der Waals surface area contributed by atoms with Crippen molar-refractivity contribution in [3.8, 4) is 6.07 Å². The third-order valence-corrected chi connectivity index (χ3v) is 2.24. The minimum Gasteiger partial charge on any atom is -0.367 e. The van der Waals surface area contributed by atoms with Crippen LogP contribution in [0.3, 0.4) is 0 Å². The van der Waals surface area contributed by atoms with Crippen molar-refractivity contribution in [2.75, 3.05) is 11.9 Å². The van der Waals surface area contributed by atoms with Gasteiger partial charge in [0, 0.05) is 6.54 Å². The van der Waals surface area contributed by atoms with Gasteiger partial charge >= 0.3 is 0 Å². The molecule has 80 valence electrons. The van der Waals surface area contributed by atoms with Gasteiger partial charge in [-0.1, -0.05) is 13.8 Å². The maximum absolute atomic E-state index is 9.03.